The Morgan fingerprint density at radius 1 is 1.14 bits per heavy atom. The van der Waals surface area contributed by atoms with Crippen molar-refractivity contribution in [2.75, 3.05) is 6.26 Å². The van der Waals surface area contributed by atoms with Gasteiger partial charge in [0.05, 0.1) is 32.8 Å². The van der Waals surface area contributed by atoms with Crippen molar-refractivity contribution in [3.63, 3.8) is 0 Å². The summed E-state index contributed by atoms with van der Waals surface area (Å²) in [6, 6.07) is 16.2. The van der Waals surface area contributed by atoms with E-state index in [0.29, 0.717) is 33.6 Å². The van der Waals surface area contributed by atoms with Crippen LogP contribution in [0.25, 0.3) is 22.2 Å². The Hall–Kier alpha value is -3.79. The number of imidazole rings is 1. The Kier molecular flexibility index (Phi) is 4.72. The number of nitrogens with one attached hydrogen (secondary N) is 2. The molecule has 2 bridgehead atoms. The van der Waals surface area contributed by atoms with E-state index < -0.39 is 16.3 Å². The number of rotatable bonds is 4. The van der Waals surface area contributed by atoms with Gasteiger partial charge in [-0.15, -0.1) is 0 Å². The Morgan fingerprint density at radius 2 is 1.89 bits per heavy atom. The van der Waals surface area contributed by atoms with Crippen molar-refractivity contribution in [1.82, 2.24) is 14.9 Å². The summed E-state index contributed by atoms with van der Waals surface area (Å²) in [7, 11) is -2.96. The number of ether oxygens (including phenoxy) is 1. The topological polar surface area (TPSA) is 97.1 Å². The van der Waals surface area contributed by atoms with Crippen molar-refractivity contribution < 1.29 is 22.5 Å². The molecule has 0 saturated carbocycles. The summed E-state index contributed by atoms with van der Waals surface area (Å²) in [6.07, 6.45) is 1.83. The molecule has 0 fully saturated rings. The van der Waals surface area contributed by atoms with Crippen LogP contribution in [0.4, 0.5) is 8.78 Å². The minimum Gasteiger partial charge on any atom is -0.434 e. The molecule has 2 aliphatic heterocycles. The highest BCUT2D eigenvalue weighted by Gasteiger charge is 2.42. The van der Waals surface area contributed by atoms with Gasteiger partial charge in [-0.1, -0.05) is 24.3 Å². The minimum atomic E-state index is -3.06. The number of nitrogens with zero attached hydrogens (tertiary/aromatic N) is 2. The summed E-state index contributed by atoms with van der Waals surface area (Å²) in [5, 5.41) is 3.04. The average molecular weight is 495 g/mol. The molecular weight excluding hydrogens is 474 g/mol. The van der Waals surface area contributed by atoms with Crippen molar-refractivity contribution in [3.8, 4) is 16.9 Å². The molecule has 0 radical (unpaired) electrons. The van der Waals surface area contributed by atoms with Gasteiger partial charge >= 0.3 is 6.61 Å². The maximum Gasteiger partial charge on any atom is 0.387 e. The molecule has 3 heterocycles. The number of carbonyl (C=O) groups is 1. The van der Waals surface area contributed by atoms with E-state index in [9.17, 15) is 17.8 Å². The third-order valence-corrected chi connectivity index (χ3v) is 7.78. The van der Waals surface area contributed by atoms with Crippen LogP contribution in [0, 0.1) is 4.78 Å². The van der Waals surface area contributed by atoms with Crippen molar-refractivity contribution in [2.24, 2.45) is 0 Å². The Bertz CT molecular complexity index is 1610. The number of hydrogen-bond donors (Lipinski definition) is 2. The zero-order valence-corrected chi connectivity index (χ0v) is 19.3. The molecule has 0 saturated heterocycles. The van der Waals surface area contributed by atoms with E-state index in [1.807, 2.05) is 24.3 Å². The zero-order chi connectivity index (χ0) is 24.5. The van der Waals surface area contributed by atoms with Crippen LogP contribution < -0.4 is 10.1 Å². The SMILES string of the molecule is CS(=N)(=O)c1ccc(-c2c(OC(F)F)ccc3c2[C@H]2C[C@@H](NC3=O)c3nc4ccccc4n32)cc1. The summed E-state index contributed by atoms with van der Waals surface area (Å²) in [6.45, 7) is -3.06. The molecule has 2 N–H and O–H groups in total. The van der Waals surface area contributed by atoms with Crippen molar-refractivity contribution >= 4 is 26.7 Å². The second kappa shape index (κ2) is 7.61. The van der Waals surface area contributed by atoms with E-state index in [-0.39, 0.29) is 23.7 Å². The lowest BCUT2D eigenvalue weighted by Gasteiger charge is -2.24. The first-order valence-electron chi connectivity index (χ1n) is 11.0. The molecule has 1 unspecified atom stereocenters. The van der Waals surface area contributed by atoms with Gasteiger partial charge in [0.2, 0.25) is 0 Å². The van der Waals surface area contributed by atoms with Gasteiger partial charge in [-0.25, -0.2) is 14.0 Å². The van der Waals surface area contributed by atoms with Crippen LogP contribution in [-0.2, 0) is 9.73 Å². The Morgan fingerprint density at radius 3 is 2.60 bits per heavy atom. The summed E-state index contributed by atoms with van der Waals surface area (Å²) >= 11 is 0. The quantitative estimate of drug-likeness (QED) is 0.412. The van der Waals surface area contributed by atoms with E-state index in [2.05, 4.69) is 9.88 Å². The third-order valence-electron chi connectivity index (χ3n) is 6.60. The van der Waals surface area contributed by atoms with Crippen LogP contribution in [0.15, 0.2) is 65.6 Å². The maximum atomic E-state index is 13.4. The fourth-order valence-electron chi connectivity index (χ4n) is 5.19. The molecular formula is C25H20F2N4O3S. The van der Waals surface area contributed by atoms with Crippen LogP contribution in [-0.4, -0.2) is 32.5 Å². The van der Waals surface area contributed by atoms with Crippen molar-refractivity contribution in [2.45, 2.75) is 30.0 Å². The average Bonchev–Trinajstić information content (AvgIpc) is 3.31. The fraction of sp³-hybridized carbons (Fsp3) is 0.200. The smallest absolute Gasteiger partial charge is 0.387 e. The molecule has 3 atom stereocenters. The number of hydrogen-bond acceptors (Lipinski definition) is 5. The molecule has 1 amide bonds. The maximum absolute atomic E-state index is 13.4. The van der Waals surface area contributed by atoms with Gasteiger partial charge in [0.15, 0.2) is 0 Å². The monoisotopic (exact) mass is 494 g/mol. The van der Waals surface area contributed by atoms with Gasteiger partial charge in [0, 0.05) is 22.3 Å². The predicted octanol–water partition coefficient (Wildman–Crippen LogP) is 5.12. The van der Waals surface area contributed by atoms with Crippen LogP contribution in [0.5, 0.6) is 5.75 Å². The molecule has 10 heteroatoms. The van der Waals surface area contributed by atoms with E-state index in [4.69, 9.17) is 14.5 Å². The molecule has 1 aromatic heterocycles. The summed E-state index contributed by atoms with van der Waals surface area (Å²) < 4.78 is 53.9. The van der Waals surface area contributed by atoms with E-state index >= 15 is 0 Å². The van der Waals surface area contributed by atoms with Gasteiger partial charge < -0.3 is 14.6 Å². The first-order chi connectivity index (χ1) is 16.7. The number of para-hydroxylation sites is 2. The van der Waals surface area contributed by atoms with Crippen molar-refractivity contribution in [1.29, 1.82) is 4.78 Å². The number of aromatic nitrogens is 2. The number of fused-ring (bicyclic) bond motifs is 9. The van der Waals surface area contributed by atoms with Crippen LogP contribution in [0.3, 0.4) is 0 Å². The molecule has 4 aromatic rings. The Balaban J connectivity index is 1.65. The number of carbonyl (C=O) groups excluding carboxylic acids is 1. The lowest BCUT2D eigenvalue weighted by molar-refractivity contribution is -0.0495. The number of benzene rings is 3. The number of halogens is 2. The normalized spacial score (nSPS) is 20.2. The largest absolute Gasteiger partial charge is 0.434 e. The lowest BCUT2D eigenvalue weighted by Crippen LogP contribution is -2.28. The second-order valence-corrected chi connectivity index (χ2v) is 10.9. The first kappa shape index (κ1) is 21.7. The highest BCUT2D eigenvalue weighted by molar-refractivity contribution is 7.91. The highest BCUT2D eigenvalue weighted by atomic mass is 32.2. The van der Waals surface area contributed by atoms with Gasteiger partial charge in [-0.2, -0.15) is 8.78 Å². The van der Waals surface area contributed by atoms with Gasteiger partial charge in [-0.3, -0.25) is 4.79 Å². The number of alkyl halides is 2. The summed E-state index contributed by atoms with van der Waals surface area (Å²) in [5.74, 6) is 0.352. The van der Waals surface area contributed by atoms with E-state index in [0.717, 1.165) is 16.9 Å². The summed E-state index contributed by atoms with van der Waals surface area (Å²) in [5.41, 5.74) is 3.51. The van der Waals surface area contributed by atoms with Crippen LogP contribution in [0.2, 0.25) is 0 Å². The molecule has 35 heavy (non-hydrogen) atoms. The summed E-state index contributed by atoms with van der Waals surface area (Å²) in [4.78, 5) is 18.3. The molecule has 6 rings (SSSR count). The molecule has 178 valence electrons. The van der Waals surface area contributed by atoms with Gasteiger partial charge in [0.1, 0.15) is 11.6 Å². The predicted molar refractivity (Wildman–Crippen MR) is 126 cm³/mol. The molecule has 0 spiro atoms. The lowest BCUT2D eigenvalue weighted by atomic mass is 9.89. The molecule has 0 aliphatic carbocycles. The Labute approximate surface area is 199 Å². The minimum absolute atomic E-state index is 0.0567. The fourth-order valence-corrected chi connectivity index (χ4v) is 5.85. The van der Waals surface area contributed by atoms with E-state index in [1.165, 1.54) is 18.4 Å². The van der Waals surface area contributed by atoms with Crippen molar-refractivity contribution in [3.05, 3.63) is 77.6 Å². The van der Waals surface area contributed by atoms with Crippen LogP contribution >= 0.6 is 0 Å². The molecule has 2 aliphatic rings. The standard InChI is InChI=1S/C25H20F2N4O3S/c1-35(28,33)14-8-6-13(7-9-14)21-20(34-25(26)27)11-10-15-22(21)19-12-17(30-24(15)32)23-29-16-4-2-3-5-18(16)31(19)23/h2-11,17,19,25,28H,12H2,1H3,(H,30,32)/t17-,19-,35?/m1/s1. The van der Waals surface area contributed by atoms with Gasteiger partial charge in [-0.05, 0) is 53.9 Å². The molecule has 3 aromatic carbocycles. The second-order valence-electron chi connectivity index (χ2n) is 8.75. The van der Waals surface area contributed by atoms with Gasteiger partial charge in [0.25, 0.3) is 5.91 Å². The molecule has 7 nitrogen and oxygen atoms in total. The highest BCUT2D eigenvalue weighted by Crippen LogP contribution is 2.49. The first-order valence-corrected chi connectivity index (χ1v) is 12.9. The van der Waals surface area contributed by atoms with Crippen LogP contribution in [0.1, 0.15) is 40.3 Å². The van der Waals surface area contributed by atoms with E-state index in [1.54, 1.807) is 24.3 Å². The zero-order valence-electron chi connectivity index (χ0n) is 18.5. The third kappa shape index (κ3) is 3.39. The number of amides is 1.